The first-order valence-electron chi connectivity index (χ1n) is 4.28. The van der Waals surface area contributed by atoms with Crippen LogP contribution in [-0.4, -0.2) is 9.81 Å². The van der Waals surface area contributed by atoms with E-state index in [1.165, 1.54) is 11.3 Å². The van der Waals surface area contributed by atoms with Gasteiger partial charge in [-0.25, -0.2) is 0 Å². The molecule has 1 unspecified atom stereocenters. The number of halogens is 1. The van der Waals surface area contributed by atoms with Gasteiger partial charge in [0.05, 0.1) is 0 Å². The lowest BCUT2D eigenvalue weighted by Gasteiger charge is -2.05. The number of hydrogen-bond donors (Lipinski definition) is 0. The van der Waals surface area contributed by atoms with E-state index in [4.69, 9.17) is 0 Å². The van der Waals surface area contributed by atoms with Gasteiger partial charge >= 0.3 is 0 Å². The molecule has 0 aromatic carbocycles. The molecule has 0 spiro atoms. The molecule has 0 saturated heterocycles. The van der Waals surface area contributed by atoms with Crippen LogP contribution in [0.25, 0.3) is 0 Å². The minimum atomic E-state index is 0.563. The first kappa shape index (κ1) is 9.72. The van der Waals surface area contributed by atoms with Crippen molar-refractivity contribution in [1.29, 1.82) is 0 Å². The second-order valence-electron chi connectivity index (χ2n) is 3.04. The maximum atomic E-state index is 4.34. The third-order valence-corrected chi connectivity index (χ3v) is 2.82. The molecule has 0 aliphatic carbocycles. The van der Waals surface area contributed by atoms with Crippen LogP contribution >= 0.6 is 15.9 Å². The first-order chi connectivity index (χ1) is 5.72. The molecule has 1 rings (SSSR count). The summed E-state index contributed by atoms with van der Waals surface area (Å²) in [5, 5.41) is 0. The number of alkyl halides is 1. The molecule has 1 heterocycles. The highest BCUT2D eigenvalue weighted by molar-refractivity contribution is 9.09. The van der Waals surface area contributed by atoms with Gasteiger partial charge in [-0.05, 0) is 25.0 Å². The smallest absolute Gasteiger partial charge is 0.0414 e. The van der Waals surface area contributed by atoms with Gasteiger partial charge in [-0.15, -0.1) is 0 Å². The largest absolute Gasteiger partial charge is 0.261 e. The average Bonchev–Trinajstić information content (AvgIpc) is 2.09. The third kappa shape index (κ3) is 2.94. The van der Waals surface area contributed by atoms with E-state index in [-0.39, 0.29) is 0 Å². The lowest BCUT2D eigenvalue weighted by molar-refractivity contribution is 0.808. The Hall–Kier alpha value is -0.370. The zero-order chi connectivity index (χ0) is 8.97. The molecule has 0 amide bonds. The molecule has 0 fully saturated rings. The maximum absolute atomic E-state index is 4.34. The second-order valence-corrected chi connectivity index (χ2v) is 4.33. The Bertz CT molecular complexity index is 230. The maximum Gasteiger partial charge on any atom is 0.0414 e. The van der Waals surface area contributed by atoms with Gasteiger partial charge in [-0.2, -0.15) is 0 Å². The predicted octanol–water partition coefficient (Wildman–Crippen LogP) is 3.11. The van der Waals surface area contributed by atoms with Crippen molar-refractivity contribution in [3.63, 3.8) is 0 Å². The van der Waals surface area contributed by atoms with Gasteiger partial charge in [0.25, 0.3) is 0 Å². The van der Waals surface area contributed by atoms with Crippen LogP contribution in [0, 0.1) is 6.92 Å². The van der Waals surface area contributed by atoms with Crippen LogP contribution in [0.1, 0.15) is 24.6 Å². The molecule has 0 radical (unpaired) electrons. The number of nitrogens with zero attached hydrogens (tertiary/aromatic N) is 1. The van der Waals surface area contributed by atoms with Crippen LogP contribution in [0.15, 0.2) is 18.3 Å². The van der Waals surface area contributed by atoms with E-state index in [1.54, 1.807) is 0 Å². The van der Waals surface area contributed by atoms with Crippen LogP contribution in [0.5, 0.6) is 0 Å². The van der Waals surface area contributed by atoms with E-state index in [1.807, 2.05) is 6.20 Å². The Morgan fingerprint density at radius 3 is 2.75 bits per heavy atom. The van der Waals surface area contributed by atoms with Crippen LogP contribution in [0.2, 0.25) is 0 Å². The van der Waals surface area contributed by atoms with Gasteiger partial charge in [0.2, 0.25) is 0 Å². The Morgan fingerprint density at radius 2 is 2.25 bits per heavy atom. The molecule has 0 saturated carbocycles. The number of pyridine rings is 1. The van der Waals surface area contributed by atoms with Gasteiger partial charge in [-0.3, -0.25) is 4.98 Å². The van der Waals surface area contributed by atoms with E-state index >= 15 is 0 Å². The SMILES string of the molecule is CCC(Br)Cc1ccc(C)cn1. The summed E-state index contributed by atoms with van der Waals surface area (Å²) in [6.45, 7) is 4.23. The summed E-state index contributed by atoms with van der Waals surface area (Å²) in [5.41, 5.74) is 2.39. The van der Waals surface area contributed by atoms with Crippen LogP contribution in [0.3, 0.4) is 0 Å². The van der Waals surface area contributed by atoms with Crippen molar-refractivity contribution in [2.75, 3.05) is 0 Å². The molecule has 0 bridgehead atoms. The lowest BCUT2D eigenvalue weighted by atomic mass is 10.2. The van der Waals surface area contributed by atoms with E-state index in [0.29, 0.717) is 4.83 Å². The molecule has 0 N–H and O–H groups in total. The number of aromatic nitrogens is 1. The predicted molar refractivity (Wildman–Crippen MR) is 55.7 cm³/mol. The Balaban J connectivity index is 2.58. The van der Waals surface area contributed by atoms with Gasteiger partial charge in [0, 0.05) is 23.1 Å². The second kappa shape index (κ2) is 4.61. The van der Waals surface area contributed by atoms with Crippen molar-refractivity contribution in [1.82, 2.24) is 4.98 Å². The number of hydrogen-bond acceptors (Lipinski definition) is 1. The fourth-order valence-corrected chi connectivity index (χ4v) is 1.32. The van der Waals surface area contributed by atoms with Crippen LogP contribution < -0.4 is 0 Å². The highest BCUT2D eigenvalue weighted by Gasteiger charge is 2.02. The summed E-state index contributed by atoms with van der Waals surface area (Å²) in [6.07, 6.45) is 4.09. The summed E-state index contributed by atoms with van der Waals surface area (Å²) >= 11 is 3.59. The van der Waals surface area contributed by atoms with Crippen LogP contribution in [0.4, 0.5) is 0 Å². The van der Waals surface area contributed by atoms with Crippen LogP contribution in [-0.2, 0) is 6.42 Å². The van der Waals surface area contributed by atoms with Gasteiger partial charge in [0.15, 0.2) is 0 Å². The molecular weight excluding hydrogens is 214 g/mol. The minimum Gasteiger partial charge on any atom is -0.261 e. The zero-order valence-electron chi connectivity index (χ0n) is 7.55. The molecule has 1 nitrogen and oxygen atoms in total. The molecule has 1 aromatic heterocycles. The Morgan fingerprint density at radius 1 is 1.50 bits per heavy atom. The highest BCUT2D eigenvalue weighted by Crippen LogP contribution is 2.11. The lowest BCUT2D eigenvalue weighted by Crippen LogP contribution is -2.02. The Labute approximate surface area is 82.3 Å². The van der Waals surface area contributed by atoms with Crippen molar-refractivity contribution >= 4 is 15.9 Å². The number of aryl methyl sites for hydroxylation is 1. The molecule has 2 heteroatoms. The summed E-state index contributed by atoms with van der Waals surface area (Å²) in [7, 11) is 0. The highest BCUT2D eigenvalue weighted by atomic mass is 79.9. The zero-order valence-corrected chi connectivity index (χ0v) is 9.13. The monoisotopic (exact) mass is 227 g/mol. The first-order valence-corrected chi connectivity index (χ1v) is 5.19. The van der Waals surface area contributed by atoms with E-state index in [2.05, 4.69) is 46.9 Å². The summed E-state index contributed by atoms with van der Waals surface area (Å²) in [4.78, 5) is 4.90. The molecule has 66 valence electrons. The van der Waals surface area contributed by atoms with E-state index in [9.17, 15) is 0 Å². The molecule has 0 aliphatic rings. The van der Waals surface area contributed by atoms with Gasteiger partial charge < -0.3 is 0 Å². The summed E-state index contributed by atoms with van der Waals surface area (Å²) < 4.78 is 0. The quantitative estimate of drug-likeness (QED) is 0.724. The average molecular weight is 228 g/mol. The van der Waals surface area contributed by atoms with Crippen molar-refractivity contribution < 1.29 is 0 Å². The van der Waals surface area contributed by atoms with Crippen molar-refractivity contribution in [2.45, 2.75) is 31.5 Å². The van der Waals surface area contributed by atoms with Gasteiger partial charge in [-0.1, -0.05) is 28.9 Å². The molecule has 12 heavy (non-hydrogen) atoms. The Kier molecular flexibility index (Phi) is 3.73. The summed E-state index contributed by atoms with van der Waals surface area (Å²) in [5.74, 6) is 0. The molecule has 1 aromatic rings. The topological polar surface area (TPSA) is 12.9 Å². The number of rotatable bonds is 3. The molecule has 1 atom stereocenters. The minimum absolute atomic E-state index is 0.563. The van der Waals surface area contributed by atoms with E-state index in [0.717, 1.165) is 12.8 Å². The summed E-state index contributed by atoms with van der Waals surface area (Å²) in [6, 6.07) is 4.21. The van der Waals surface area contributed by atoms with Crippen molar-refractivity contribution in [2.24, 2.45) is 0 Å². The fraction of sp³-hybridized carbons (Fsp3) is 0.500. The molecular formula is C10H14BrN. The normalized spacial score (nSPS) is 12.9. The van der Waals surface area contributed by atoms with Crippen molar-refractivity contribution in [3.8, 4) is 0 Å². The standard InChI is InChI=1S/C10H14BrN/c1-3-9(11)6-10-5-4-8(2)7-12-10/h4-5,7,9H,3,6H2,1-2H3. The fourth-order valence-electron chi connectivity index (χ4n) is 0.990. The molecule has 0 aliphatic heterocycles. The van der Waals surface area contributed by atoms with E-state index < -0.39 is 0 Å². The third-order valence-electron chi connectivity index (χ3n) is 1.85. The van der Waals surface area contributed by atoms with Gasteiger partial charge in [0.1, 0.15) is 0 Å². The van der Waals surface area contributed by atoms with Crippen molar-refractivity contribution in [3.05, 3.63) is 29.6 Å².